The number of allylic oxidation sites excluding steroid dienone is 1. The lowest BCUT2D eigenvalue weighted by molar-refractivity contribution is 0.672. The monoisotopic (exact) mass is 148 g/mol. The van der Waals surface area contributed by atoms with Crippen LogP contribution in [0.1, 0.15) is 25.1 Å². The van der Waals surface area contributed by atoms with Crippen LogP contribution in [-0.2, 0) is 6.42 Å². The van der Waals surface area contributed by atoms with E-state index in [1.54, 1.807) is 0 Å². The highest BCUT2D eigenvalue weighted by molar-refractivity contribution is 5.55. The molecule has 0 aliphatic heterocycles. The van der Waals surface area contributed by atoms with E-state index in [1.807, 2.05) is 6.20 Å². The highest BCUT2D eigenvalue weighted by atomic mass is 15.1. The normalized spacial score (nSPS) is 22.7. The smallest absolute Gasteiger partial charge is 0.0609 e. The highest BCUT2D eigenvalue weighted by Gasteiger charge is 2.15. The minimum atomic E-state index is 0.681. The predicted octanol–water partition coefficient (Wildman–Crippen LogP) is 2.01. The Morgan fingerprint density at radius 1 is 1.64 bits per heavy atom. The third-order valence-corrected chi connectivity index (χ3v) is 2.43. The Morgan fingerprint density at radius 2 is 2.45 bits per heavy atom. The molecular weight excluding hydrogens is 136 g/mol. The molecule has 1 unspecified atom stereocenters. The predicted molar refractivity (Wildman–Crippen MR) is 45.1 cm³/mol. The number of hydrogen-bond donors (Lipinski definition) is 1. The summed E-state index contributed by atoms with van der Waals surface area (Å²) in [5.74, 6) is 0.681. The number of fused-ring (bicyclic) bond motifs is 1. The van der Waals surface area contributed by atoms with Gasteiger partial charge < -0.3 is 0 Å². The first-order valence-electron chi connectivity index (χ1n) is 3.98. The van der Waals surface area contributed by atoms with Crippen LogP contribution in [0.15, 0.2) is 11.8 Å². The second-order valence-electron chi connectivity index (χ2n) is 3.30. The molecular formula is C9H12N2. The first-order chi connectivity index (χ1) is 5.27. The summed E-state index contributed by atoms with van der Waals surface area (Å²) < 4.78 is 0. The van der Waals surface area contributed by atoms with E-state index in [2.05, 4.69) is 30.1 Å². The van der Waals surface area contributed by atoms with Gasteiger partial charge in [0.25, 0.3) is 0 Å². The lowest BCUT2D eigenvalue weighted by Gasteiger charge is -2.16. The second kappa shape index (κ2) is 2.22. The zero-order valence-corrected chi connectivity index (χ0v) is 6.89. The maximum Gasteiger partial charge on any atom is 0.0609 e. The third-order valence-electron chi connectivity index (χ3n) is 2.43. The Kier molecular flexibility index (Phi) is 1.34. The molecule has 1 aliphatic carbocycles. The standard InChI is InChI=1S/C9H12N2/c1-6-3-8-5-10-11-9(8)4-7(6)2/h4-6H,3H2,1-2H3,(H,10,11). The van der Waals surface area contributed by atoms with Gasteiger partial charge >= 0.3 is 0 Å². The molecule has 11 heavy (non-hydrogen) atoms. The van der Waals surface area contributed by atoms with Crippen molar-refractivity contribution in [2.45, 2.75) is 20.3 Å². The highest BCUT2D eigenvalue weighted by Crippen LogP contribution is 2.25. The molecule has 2 rings (SSSR count). The van der Waals surface area contributed by atoms with E-state index >= 15 is 0 Å². The molecule has 58 valence electrons. The Labute approximate surface area is 66.3 Å². The van der Waals surface area contributed by atoms with Crippen molar-refractivity contribution in [2.75, 3.05) is 0 Å². The number of rotatable bonds is 0. The average molecular weight is 148 g/mol. The van der Waals surface area contributed by atoms with Crippen LogP contribution in [0.3, 0.4) is 0 Å². The molecule has 1 aromatic rings. The molecule has 0 saturated heterocycles. The minimum Gasteiger partial charge on any atom is -0.278 e. The van der Waals surface area contributed by atoms with Gasteiger partial charge in [0, 0.05) is 0 Å². The van der Waals surface area contributed by atoms with Gasteiger partial charge in [0.2, 0.25) is 0 Å². The molecule has 0 aromatic carbocycles. The lowest BCUT2D eigenvalue weighted by Crippen LogP contribution is -2.06. The number of nitrogens with zero attached hydrogens (tertiary/aromatic N) is 1. The second-order valence-corrected chi connectivity index (χ2v) is 3.30. The zero-order chi connectivity index (χ0) is 7.84. The molecule has 0 fully saturated rings. The molecule has 1 heterocycles. The molecule has 0 amide bonds. The van der Waals surface area contributed by atoms with Crippen molar-refractivity contribution in [3.63, 3.8) is 0 Å². The van der Waals surface area contributed by atoms with Gasteiger partial charge in [-0.05, 0) is 30.9 Å². The van der Waals surface area contributed by atoms with Gasteiger partial charge in [-0.2, -0.15) is 5.10 Å². The van der Waals surface area contributed by atoms with Gasteiger partial charge in [0.1, 0.15) is 0 Å². The number of hydrogen-bond acceptors (Lipinski definition) is 1. The van der Waals surface area contributed by atoms with Crippen molar-refractivity contribution in [1.29, 1.82) is 0 Å². The van der Waals surface area contributed by atoms with E-state index in [4.69, 9.17) is 0 Å². The first kappa shape index (κ1) is 6.65. The quantitative estimate of drug-likeness (QED) is 0.599. The van der Waals surface area contributed by atoms with E-state index in [-0.39, 0.29) is 0 Å². The molecule has 1 aromatic heterocycles. The molecule has 2 nitrogen and oxygen atoms in total. The van der Waals surface area contributed by atoms with Crippen molar-refractivity contribution < 1.29 is 0 Å². The maximum absolute atomic E-state index is 4.00. The van der Waals surface area contributed by atoms with Crippen LogP contribution in [0.4, 0.5) is 0 Å². The van der Waals surface area contributed by atoms with Gasteiger partial charge in [-0.15, -0.1) is 0 Å². The van der Waals surface area contributed by atoms with Crippen molar-refractivity contribution in [3.05, 3.63) is 23.0 Å². The molecule has 0 saturated carbocycles. The van der Waals surface area contributed by atoms with Crippen LogP contribution < -0.4 is 0 Å². The van der Waals surface area contributed by atoms with E-state index in [9.17, 15) is 0 Å². The van der Waals surface area contributed by atoms with Gasteiger partial charge in [-0.25, -0.2) is 0 Å². The summed E-state index contributed by atoms with van der Waals surface area (Å²) in [6, 6.07) is 0. The van der Waals surface area contributed by atoms with Gasteiger partial charge in [0.05, 0.1) is 11.9 Å². The number of nitrogens with one attached hydrogen (secondary N) is 1. The molecule has 0 radical (unpaired) electrons. The molecule has 0 bridgehead atoms. The Balaban J connectivity index is 2.47. The Morgan fingerprint density at radius 3 is 3.27 bits per heavy atom. The lowest BCUT2D eigenvalue weighted by atomic mass is 9.89. The summed E-state index contributed by atoms with van der Waals surface area (Å²) >= 11 is 0. The molecule has 2 heteroatoms. The summed E-state index contributed by atoms with van der Waals surface area (Å²) in [6.07, 6.45) is 5.25. The number of H-pyrrole nitrogens is 1. The van der Waals surface area contributed by atoms with E-state index in [1.165, 1.54) is 16.8 Å². The Bertz CT molecular complexity index is 296. The van der Waals surface area contributed by atoms with Crippen molar-refractivity contribution in [2.24, 2.45) is 5.92 Å². The van der Waals surface area contributed by atoms with E-state index < -0.39 is 0 Å². The summed E-state index contributed by atoms with van der Waals surface area (Å²) in [5.41, 5.74) is 3.99. The van der Waals surface area contributed by atoms with E-state index in [0.29, 0.717) is 5.92 Å². The van der Waals surface area contributed by atoms with Crippen LogP contribution in [0.25, 0.3) is 6.08 Å². The van der Waals surface area contributed by atoms with Crippen molar-refractivity contribution >= 4 is 6.08 Å². The van der Waals surface area contributed by atoms with Gasteiger partial charge in [-0.3, -0.25) is 5.10 Å². The van der Waals surface area contributed by atoms with Crippen LogP contribution in [0, 0.1) is 5.92 Å². The summed E-state index contributed by atoms with van der Waals surface area (Å²) in [4.78, 5) is 0. The fourth-order valence-electron chi connectivity index (χ4n) is 1.47. The molecule has 1 N–H and O–H groups in total. The van der Waals surface area contributed by atoms with Crippen LogP contribution in [-0.4, -0.2) is 10.2 Å². The summed E-state index contributed by atoms with van der Waals surface area (Å²) in [7, 11) is 0. The third kappa shape index (κ3) is 0.985. The Hall–Kier alpha value is -1.05. The topological polar surface area (TPSA) is 28.7 Å². The zero-order valence-electron chi connectivity index (χ0n) is 6.89. The van der Waals surface area contributed by atoms with E-state index in [0.717, 1.165) is 6.42 Å². The van der Waals surface area contributed by atoms with Crippen molar-refractivity contribution in [3.8, 4) is 0 Å². The summed E-state index contributed by atoms with van der Waals surface area (Å²) in [6.45, 7) is 4.43. The van der Waals surface area contributed by atoms with Crippen LogP contribution in [0.2, 0.25) is 0 Å². The first-order valence-corrected chi connectivity index (χ1v) is 3.98. The van der Waals surface area contributed by atoms with Crippen molar-refractivity contribution in [1.82, 2.24) is 10.2 Å². The fraction of sp³-hybridized carbons (Fsp3) is 0.444. The minimum absolute atomic E-state index is 0.681. The average Bonchev–Trinajstić information content (AvgIpc) is 2.36. The SMILES string of the molecule is CC1=Cc2[nH]ncc2CC1C. The summed E-state index contributed by atoms with van der Waals surface area (Å²) in [5, 5.41) is 6.99. The van der Waals surface area contributed by atoms with Crippen LogP contribution >= 0.6 is 0 Å². The molecule has 0 spiro atoms. The van der Waals surface area contributed by atoms with Crippen LogP contribution in [0.5, 0.6) is 0 Å². The number of aromatic amines is 1. The number of aromatic nitrogens is 2. The largest absolute Gasteiger partial charge is 0.278 e. The van der Waals surface area contributed by atoms with Gasteiger partial charge in [-0.1, -0.05) is 12.5 Å². The molecule has 1 atom stereocenters. The van der Waals surface area contributed by atoms with Gasteiger partial charge in [0.15, 0.2) is 0 Å². The maximum atomic E-state index is 4.00. The fourth-order valence-corrected chi connectivity index (χ4v) is 1.47. The molecule has 1 aliphatic rings.